The Hall–Kier alpha value is -8.68. The van der Waals surface area contributed by atoms with Gasteiger partial charge < -0.3 is 97.0 Å². The molecule has 32 nitrogen and oxygen atoms in total. The van der Waals surface area contributed by atoms with Gasteiger partial charge in [0, 0.05) is 19.5 Å². The Balaban J connectivity index is 2.55. The van der Waals surface area contributed by atoms with Crippen molar-refractivity contribution in [2.75, 3.05) is 26.7 Å². The summed E-state index contributed by atoms with van der Waals surface area (Å²) in [6, 6.07) is -5.91. The van der Waals surface area contributed by atoms with Gasteiger partial charge in [-0.3, -0.25) is 62.7 Å². The smallest absolute Gasteiger partial charge is 0.329 e. The van der Waals surface area contributed by atoms with Crippen LogP contribution in [0.4, 0.5) is 0 Å². The van der Waals surface area contributed by atoms with Crippen LogP contribution in [0.1, 0.15) is 152 Å². The van der Waals surface area contributed by atoms with Crippen molar-refractivity contribution in [2.24, 2.45) is 62.3 Å². The Morgan fingerprint density at radius 2 is 1.01 bits per heavy atom. The van der Waals surface area contributed by atoms with Gasteiger partial charge in [0.25, 0.3) is 0 Å². The van der Waals surface area contributed by atoms with Crippen LogP contribution in [0.5, 0.6) is 0 Å². The van der Waals surface area contributed by atoms with Gasteiger partial charge in [0.15, 0.2) is 11.9 Å². The highest BCUT2D eigenvalue weighted by Gasteiger charge is 2.41. The van der Waals surface area contributed by atoms with Crippen molar-refractivity contribution >= 4 is 82.9 Å². The Labute approximate surface area is 557 Å². The summed E-state index contributed by atoms with van der Waals surface area (Å²) < 4.78 is 5.78. The average molecular weight is 1340 g/mol. The molecule has 534 valence electrons. The number of rotatable bonds is 39. The molecule has 95 heavy (non-hydrogen) atoms. The number of aliphatic imine (C=N–C) groups is 2. The van der Waals surface area contributed by atoms with E-state index in [-0.39, 0.29) is 76.4 Å². The number of aliphatic hydroxyl groups is 1. The number of aliphatic hydroxyl groups excluding tert-OH is 1. The van der Waals surface area contributed by atoms with Gasteiger partial charge >= 0.3 is 5.97 Å². The third-order valence-corrected chi connectivity index (χ3v) is 16.9. The number of hydrogen-bond donors (Lipinski definition) is 17. The van der Waals surface area contributed by atoms with Crippen LogP contribution in [-0.4, -0.2) is 187 Å². The van der Waals surface area contributed by atoms with E-state index < -0.39 is 180 Å². The van der Waals surface area contributed by atoms with E-state index in [0.717, 1.165) is 5.56 Å². The molecule has 0 aliphatic carbocycles. The third-order valence-electron chi connectivity index (χ3n) is 16.9. The zero-order valence-corrected chi connectivity index (χ0v) is 57.0. The fraction of sp³-hybridized carbons (Fsp3) is 0.683. The normalized spacial score (nSPS) is 20.3. The molecule has 0 unspecified atom stereocenters. The molecule has 1 aliphatic heterocycles. The number of ether oxygens (including phenoxy) is 1. The minimum Gasteiger partial charge on any atom is -0.458 e. The highest BCUT2D eigenvalue weighted by molar-refractivity contribution is 6.00. The molecular formula is C63H108N18O14. The Morgan fingerprint density at radius 1 is 0.558 bits per heavy atom. The lowest BCUT2D eigenvalue weighted by Gasteiger charge is -2.31. The molecule has 2 rings (SSSR count). The first-order chi connectivity index (χ1) is 44.9. The van der Waals surface area contributed by atoms with E-state index in [4.69, 9.17) is 33.4 Å². The van der Waals surface area contributed by atoms with Crippen molar-refractivity contribution in [3.8, 4) is 0 Å². The zero-order valence-electron chi connectivity index (χ0n) is 57.0. The topological polar surface area (TPSA) is 521 Å². The molecule has 22 N–H and O–H groups in total. The zero-order chi connectivity index (χ0) is 71.6. The maximum Gasteiger partial charge on any atom is 0.329 e. The van der Waals surface area contributed by atoms with Gasteiger partial charge in [-0.2, -0.15) is 0 Å². The second-order valence-corrected chi connectivity index (χ2v) is 24.3. The van der Waals surface area contributed by atoms with E-state index in [9.17, 15) is 62.6 Å². The van der Waals surface area contributed by atoms with Crippen LogP contribution < -0.4 is 87.2 Å². The molecule has 0 aromatic heterocycles. The summed E-state index contributed by atoms with van der Waals surface area (Å²) in [4.78, 5) is 177. The number of nitrogens with one attached hydrogen (secondary N) is 11. The first-order valence-corrected chi connectivity index (χ1v) is 32.9. The lowest BCUT2D eigenvalue weighted by Crippen LogP contribution is -2.63. The van der Waals surface area contributed by atoms with Gasteiger partial charge in [0.05, 0.1) is 12.6 Å². The number of benzene rings is 1. The molecule has 1 aromatic rings. The average Bonchev–Trinajstić information content (AvgIpc) is 1.80. The summed E-state index contributed by atoms with van der Waals surface area (Å²) in [7, 11) is 1.61. The number of nitrogens with zero attached hydrogens (tertiary/aromatic N) is 2. The summed E-state index contributed by atoms with van der Waals surface area (Å²) >= 11 is 0. The van der Waals surface area contributed by atoms with Crippen molar-refractivity contribution in [1.82, 2.24) is 58.5 Å². The SMILES string of the molecule is CCC[C@@H]1NC(=O)[C@H](CCCN=C(N)N)NC(=O)[C@H](NC(=O)[C@H](CO)NC(=O)[C@@H](NC(=O)[C@H](NC(=O)[C@@H](CCC(N)=O)NC(=O)[C@H](CCCN=C(N)N)NC(=O)[C@@H](NC(=O)[C@@H](Cc2ccccc2)NC)[C@@H](C)CC)[C@@H](C)CC)[C@@H](C)CC)[C@H](C)OC(=O)[C@H]([C@@H](C)CC)NC1=O. The lowest BCUT2D eigenvalue weighted by molar-refractivity contribution is -0.157. The van der Waals surface area contributed by atoms with Crippen LogP contribution in [0.2, 0.25) is 0 Å². The Bertz CT molecular complexity index is 2770. The number of primary amides is 1. The first kappa shape index (κ1) is 82.4. The second kappa shape index (κ2) is 42.6. The molecule has 32 heteroatoms. The predicted molar refractivity (Wildman–Crippen MR) is 356 cm³/mol. The summed E-state index contributed by atoms with van der Waals surface area (Å²) in [5.74, 6) is -13.2. The fourth-order valence-electron chi connectivity index (χ4n) is 10.1. The van der Waals surface area contributed by atoms with E-state index in [1.807, 2.05) is 37.3 Å². The van der Waals surface area contributed by atoms with Crippen LogP contribution >= 0.6 is 0 Å². The molecule has 0 radical (unpaired) electrons. The van der Waals surface area contributed by atoms with Crippen molar-refractivity contribution in [3.63, 3.8) is 0 Å². The lowest BCUT2D eigenvalue weighted by atomic mass is 9.94. The maximum atomic E-state index is 14.6. The molecule has 1 aliphatic rings. The Morgan fingerprint density at radius 3 is 1.51 bits per heavy atom. The minimum absolute atomic E-state index is 0.0327. The predicted octanol–water partition coefficient (Wildman–Crippen LogP) is -3.04. The summed E-state index contributed by atoms with van der Waals surface area (Å²) in [6.07, 6.45) is 0.0310. The summed E-state index contributed by atoms with van der Waals surface area (Å²) in [5.41, 5.74) is 28.5. The molecule has 1 fully saturated rings. The van der Waals surface area contributed by atoms with Gasteiger partial charge in [0.1, 0.15) is 66.5 Å². The molecule has 0 saturated carbocycles. The molecular weight excluding hydrogens is 1230 g/mol. The highest BCUT2D eigenvalue weighted by Crippen LogP contribution is 2.18. The summed E-state index contributed by atoms with van der Waals surface area (Å²) in [5, 5.41) is 40.0. The number of nitrogens with two attached hydrogens (primary N) is 5. The molecule has 0 bridgehead atoms. The second-order valence-electron chi connectivity index (χ2n) is 24.3. The number of amides is 11. The van der Waals surface area contributed by atoms with E-state index in [1.165, 1.54) is 6.92 Å². The largest absolute Gasteiger partial charge is 0.458 e. The number of cyclic esters (lactones) is 1. The maximum absolute atomic E-state index is 14.6. The van der Waals surface area contributed by atoms with Crippen LogP contribution in [0, 0.1) is 23.7 Å². The number of carbonyl (C=O) groups excluding carboxylic acids is 12. The van der Waals surface area contributed by atoms with Crippen molar-refractivity contribution in [1.29, 1.82) is 0 Å². The molecule has 1 heterocycles. The molecule has 11 amide bonds. The van der Waals surface area contributed by atoms with Gasteiger partial charge in [-0.15, -0.1) is 0 Å². The molecule has 16 atom stereocenters. The quantitative estimate of drug-likeness (QED) is 0.0135. The number of carbonyl (C=O) groups is 12. The molecule has 1 aromatic carbocycles. The van der Waals surface area contributed by atoms with Gasteiger partial charge in [-0.25, -0.2) is 4.79 Å². The fourth-order valence-corrected chi connectivity index (χ4v) is 10.1. The number of likely N-dealkylation sites (N-methyl/N-ethyl adjacent to an activating group) is 1. The minimum atomic E-state index is -1.85. The third kappa shape index (κ3) is 28.0. The van der Waals surface area contributed by atoms with Gasteiger partial charge in [0.2, 0.25) is 65.0 Å². The van der Waals surface area contributed by atoms with E-state index in [1.54, 1.807) is 62.4 Å². The van der Waals surface area contributed by atoms with Crippen molar-refractivity contribution in [3.05, 3.63) is 35.9 Å². The number of hydrogen-bond acceptors (Lipinski definition) is 17. The van der Waals surface area contributed by atoms with E-state index in [0.29, 0.717) is 25.7 Å². The Kier molecular flexibility index (Phi) is 37.0. The van der Waals surface area contributed by atoms with E-state index in [2.05, 4.69) is 68.5 Å². The standard InChI is InChI=1S/C63H108N18O14/c1-12-22-39-53(86)80-49(36(9)16-5)61(94)95-37(10)50(60(93)75-41(51(84)72-39)26-21-30-71-63(67)68)81-56(89)44(32-82)76-58(91)47(34(7)14-3)79-59(92)48(35(8)15-4)77-54(87)42(27-28-45(64)83)73-52(85)40(25-20-29-70-62(65)66)74-57(90)46(33(6)13-2)78-55(88)43(69-11)31-38-23-18-17-19-24-38/h17-19,23-24,33-37,39-44,46-50,69,82H,12-16,20-22,25-32H2,1-11H3,(H2,64,83)(H,72,84)(H,73,85)(H,74,90)(H,75,93)(H,76,91)(H,77,87)(H,78,88)(H,79,92)(H,80,86)(H,81,89)(H4,65,66,70)(H4,67,68,71)/t33-,34-,35-,36-,37-,39-,40-,41-,42+,43+,44-,46-,47-,48+,49-,50+/m0/s1. The monoisotopic (exact) mass is 1340 g/mol. The van der Waals surface area contributed by atoms with Crippen LogP contribution in [0.3, 0.4) is 0 Å². The van der Waals surface area contributed by atoms with Crippen LogP contribution in [0.25, 0.3) is 0 Å². The van der Waals surface area contributed by atoms with E-state index >= 15 is 0 Å². The van der Waals surface area contributed by atoms with Gasteiger partial charge in [-0.1, -0.05) is 125 Å². The molecule has 0 spiro atoms. The van der Waals surface area contributed by atoms with Crippen LogP contribution in [0.15, 0.2) is 40.3 Å². The van der Waals surface area contributed by atoms with Crippen molar-refractivity contribution < 1.29 is 67.4 Å². The van der Waals surface area contributed by atoms with Gasteiger partial charge in [-0.05, 0) is 88.2 Å². The number of guanidine groups is 2. The number of esters is 1. The van der Waals surface area contributed by atoms with Crippen molar-refractivity contribution in [2.45, 2.75) is 225 Å². The highest BCUT2D eigenvalue weighted by atomic mass is 16.5. The molecule has 1 saturated heterocycles. The van der Waals surface area contributed by atoms with Crippen LogP contribution in [-0.2, 0) is 68.7 Å². The summed E-state index contributed by atoms with van der Waals surface area (Å²) in [6.45, 7) is 15.8. The first-order valence-electron chi connectivity index (χ1n) is 32.9.